The van der Waals surface area contributed by atoms with Crippen molar-refractivity contribution in [1.29, 1.82) is 0 Å². The Balaban J connectivity index is 2.40. The minimum atomic E-state index is -0.332. The molecule has 0 aliphatic rings. The molecule has 0 heterocycles. The highest BCUT2D eigenvalue weighted by atomic mass is 16.5. The number of esters is 1. The zero-order chi connectivity index (χ0) is 12.7. The van der Waals surface area contributed by atoms with Crippen LogP contribution in [0, 0.1) is 0 Å². The van der Waals surface area contributed by atoms with E-state index in [0.717, 1.165) is 19.3 Å². The summed E-state index contributed by atoms with van der Waals surface area (Å²) in [6.07, 6.45) is 2.23. The average Bonchev–Trinajstić information content (AvgIpc) is 2.30. The highest BCUT2D eigenvalue weighted by molar-refractivity contribution is 5.89. The van der Waals surface area contributed by atoms with Crippen molar-refractivity contribution < 1.29 is 14.6 Å². The van der Waals surface area contributed by atoms with Crippen molar-refractivity contribution >= 4 is 11.7 Å². The third-order valence-corrected chi connectivity index (χ3v) is 2.47. The molecule has 94 valence electrons. The van der Waals surface area contributed by atoms with Crippen LogP contribution in [0.15, 0.2) is 24.3 Å². The average molecular weight is 237 g/mol. The van der Waals surface area contributed by atoms with E-state index >= 15 is 0 Å². The lowest BCUT2D eigenvalue weighted by Crippen LogP contribution is -2.15. The quantitative estimate of drug-likeness (QED) is 0.451. The number of aliphatic hydroxyl groups excluding tert-OH is 1. The number of ether oxygens (including phenoxy) is 1. The molecule has 0 bridgehead atoms. The van der Waals surface area contributed by atoms with Crippen LogP contribution < -0.4 is 5.73 Å². The van der Waals surface area contributed by atoms with Gasteiger partial charge in [-0.05, 0) is 50.5 Å². The van der Waals surface area contributed by atoms with Gasteiger partial charge in [0.1, 0.15) is 0 Å². The Morgan fingerprint density at radius 2 is 2.00 bits per heavy atom. The van der Waals surface area contributed by atoms with E-state index in [4.69, 9.17) is 15.6 Å². The van der Waals surface area contributed by atoms with E-state index in [1.54, 1.807) is 24.3 Å². The van der Waals surface area contributed by atoms with Gasteiger partial charge in [0, 0.05) is 12.3 Å². The molecular formula is C13H19NO3. The summed E-state index contributed by atoms with van der Waals surface area (Å²) in [6.45, 7) is 2.03. The molecule has 0 aliphatic heterocycles. The van der Waals surface area contributed by atoms with Crippen LogP contribution in [-0.4, -0.2) is 23.8 Å². The lowest BCUT2D eigenvalue weighted by atomic mass is 10.1. The molecule has 17 heavy (non-hydrogen) atoms. The zero-order valence-electron chi connectivity index (χ0n) is 10.1. The minimum absolute atomic E-state index is 0.133. The Kier molecular flexibility index (Phi) is 5.49. The summed E-state index contributed by atoms with van der Waals surface area (Å²) in [5.74, 6) is -0.332. The summed E-state index contributed by atoms with van der Waals surface area (Å²) in [7, 11) is 0. The molecule has 0 saturated carbocycles. The van der Waals surface area contributed by atoms with Gasteiger partial charge in [-0.2, -0.15) is 0 Å². The molecule has 0 saturated heterocycles. The number of unbranched alkanes of at least 4 members (excludes halogenated alkanes) is 1. The van der Waals surface area contributed by atoms with Crippen molar-refractivity contribution in [1.82, 2.24) is 0 Å². The monoisotopic (exact) mass is 237 g/mol. The van der Waals surface area contributed by atoms with Gasteiger partial charge in [-0.1, -0.05) is 0 Å². The van der Waals surface area contributed by atoms with Gasteiger partial charge in [-0.3, -0.25) is 0 Å². The van der Waals surface area contributed by atoms with Crippen molar-refractivity contribution in [3.8, 4) is 0 Å². The summed E-state index contributed by atoms with van der Waals surface area (Å²) in [5.41, 5.74) is 6.66. The molecule has 0 amide bonds. The van der Waals surface area contributed by atoms with Crippen LogP contribution in [0.3, 0.4) is 0 Å². The third kappa shape index (κ3) is 4.87. The number of rotatable bonds is 6. The molecule has 1 aromatic carbocycles. The number of carbonyl (C=O) groups excluding carboxylic acids is 1. The van der Waals surface area contributed by atoms with Gasteiger partial charge in [0.05, 0.1) is 11.7 Å². The second-order valence-electron chi connectivity index (χ2n) is 4.06. The van der Waals surface area contributed by atoms with Gasteiger partial charge >= 0.3 is 5.97 Å². The second kappa shape index (κ2) is 6.91. The van der Waals surface area contributed by atoms with Crippen molar-refractivity contribution in [3.63, 3.8) is 0 Å². The lowest BCUT2D eigenvalue weighted by molar-refractivity contribution is 0.0317. The van der Waals surface area contributed by atoms with Crippen LogP contribution in [0.5, 0.6) is 0 Å². The highest BCUT2D eigenvalue weighted by Crippen LogP contribution is 2.10. The van der Waals surface area contributed by atoms with Gasteiger partial charge < -0.3 is 15.6 Å². The maximum absolute atomic E-state index is 11.7. The fourth-order valence-corrected chi connectivity index (χ4v) is 1.47. The highest BCUT2D eigenvalue weighted by Gasteiger charge is 2.11. The Morgan fingerprint density at radius 3 is 2.59 bits per heavy atom. The van der Waals surface area contributed by atoms with E-state index in [2.05, 4.69) is 0 Å². The number of hydrogen-bond donors (Lipinski definition) is 2. The first-order valence-electron chi connectivity index (χ1n) is 5.81. The number of nitrogen functional groups attached to an aromatic ring is 1. The largest absolute Gasteiger partial charge is 0.459 e. The summed E-state index contributed by atoms with van der Waals surface area (Å²) >= 11 is 0. The zero-order valence-corrected chi connectivity index (χ0v) is 10.1. The number of anilines is 1. The molecule has 1 aromatic rings. The van der Waals surface area contributed by atoms with Gasteiger partial charge in [0.25, 0.3) is 0 Å². The van der Waals surface area contributed by atoms with Crippen molar-refractivity contribution in [2.45, 2.75) is 32.3 Å². The third-order valence-electron chi connectivity index (χ3n) is 2.47. The smallest absolute Gasteiger partial charge is 0.338 e. The Bertz CT molecular complexity index is 348. The standard InChI is InChI=1S/C13H19NO3/c1-10(4-2-3-9-15)17-13(16)11-5-7-12(14)8-6-11/h5-8,10,15H,2-4,9,14H2,1H3. The number of nitrogens with two attached hydrogens (primary N) is 1. The molecule has 3 N–H and O–H groups in total. The van der Waals surface area contributed by atoms with Crippen LogP contribution >= 0.6 is 0 Å². The maximum Gasteiger partial charge on any atom is 0.338 e. The van der Waals surface area contributed by atoms with Crippen LogP contribution in [0.4, 0.5) is 5.69 Å². The molecule has 4 heteroatoms. The number of benzene rings is 1. The molecule has 0 radical (unpaired) electrons. The van der Waals surface area contributed by atoms with Gasteiger partial charge in [0.15, 0.2) is 0 Å². The topological polar surface area (TPSA) is 72.5 Å². The number of aliphatic hydroxyl groups is 1. The van der Waals surface area contributed by atoms with Gasteiger partial charge in [-0.25, -0.2) is 4.79 Å². The van der Waals surface area contributed by atoms with Crippen molar-refractivity contribution in [2.75, 3.05) is 12.3 Å². The summed E-state index contributed by atoms with van der Waals surface area (Å²) in [4.78, 5) is 11.7. The van der Waals surface area contributed by atoms with Crippen LogP contribution in [0.2, 0.25) is 0 Å². The molecule has 4 nitrogen and oxygen atoms in total. The molecule has 0 aliphatic carbocycles. The van der Waals surface area contributed by atoms with Crippen LogP contribution in [0.1, 0.15) is 36.5 Å². The fraction of sp³-hybridized carbons (Fsp3) is 0.462. The Labute approximate surface area is 101 Å². The van der Waals surface area contributed by atoms with E-state index in [1.807, 2.05) is 6.92 Å². The predicted octanol–water partition coefficient (Wildman–Crippen LogP) is 1.98. The van der Waals surface area contributed by atoms with E-state index in [1.165, 1.54) is 0 Å². The van der Waals surface area contributed by atoms with Crippen molar-refractivity contribution in [2.24, 2.45) is 0 Å². The molecule has 1 atom stereocenters. The molecule has 0 fully saturated rings. The van der Waals surface area contributed by atoms with Crippen LogP contribution in [0.25, 0.3) is 0 Å². The summed E-state index contributed by atoms with van der Waals surface area (Å²) in [6, 6.07) is 6.65. The summed E-state index contributed by atoms with van der Waals surface area (Å²) < 4.78 is 5.26. The lowest BCUT2D eigenvalue weighted by Gasteiger charge is -2.12. The minimum Gasteiger partial charge on any atom is -0.459 e. The molecular weight excluding hydrogens is 218 g/mol. The SMILES string of the molecule is CC(CCCCO)OC(=O)c1ccc(N)cc1. The molecule has 1 unspecified atom stereocenters. The van der Waals surface area contributed by atoms with E-state index in [9.17, 15) is 4.79 Å². The molecule has 1 rings (SSSR count). The van der Waals surface area contributed by atoms with Crippen molar-refractivity contribution in [3.05, 3.63) is 29.8 Å². The first kappa shape index (κ1) is 13.5. The normalized spacial score (nSPS) is 12.1. The Morgan fingerprint density at radius 1 is 1.35 bits per heavy atom. The fourth-order valence-electron chi connectivity index (χ4n) is 1.47. The predicted molar refractivity (Wildman–Crippen MR) is 66.7 cm³/mol. The Hall–Kier alpha value is -1.55. The summed E-state index contributed by atoms with van der Waals surface area (Å²) in [5, 5.41) is 8.65. The second-order valence-corrected chi connectivity index (χ2v) is 4.06. The van der Waals surface area contributed by atoms with E-state index < -0.39 is 0 Å². The molecule has 0 aromatic heterocycles. The van der Waals surface area contributed by atoms with Gasteiger partial charge in [0.2, 0.25) is 0 Å². The van der Waals surface area contributed by atoms with Crippen LogP contribution in [-0.2, 0) is 4.74 Å². The number of carbonyl (C=O) groups is 1. The van der Waals surface area contributed by atoms with E-state index in [0.29, 0.717) is 11.3 Å². The first-order chi connectivity index (χ1) is 8.13. The maximum atomic E-state index is 11.7. The number of hydrogen-bond acceptors (Lipinski definition) is 4. The van der Waals surface area contributed by atoms with Gasteiger partial charge in [-0.15, -0.1) is 0 Å². The van der Waals surface area contributed by atoms with E-state index in [-0.39, 0.29) is 18.7 Å². The molecule has 0 spiro atoms. The first-order valence-corrected chi connectivity index (χ1v) is 5.81.